The van der Waals surface area contributed by atoms with Gasteiger partial charge in [-0.3, -0.25) is 0 Å². The summed E-state index contributed by atoms with van der Waals surface area (Å²) < 4.78 is 1.73. The Bertz CT molecular complexity index is 406. The first-order valence-corrected chi connectivity index (χ1v) is 6.43. The van der Waals surface area contributed by atoms with E-state index in [4.69, 9.17) is 17.3 Å². The van der Waals surface area contributed by atoms with E-state index in [0.29, 0.717) is 23.4 Å². The van der Waals surface area contributed by atoms with Crippen molar-refractivity contribution in [3.8, 4) is 0 Å². The molecule has 0 aromatic carbocycles. The van der Waals surface area contributed by atoms with Gasteiger partial charge in [-0.15, -0.1) is 0 Å². The van der Waals surface area contributed by atoms with Crippen LogP contribution in [0.15, 0.2) is 6.20 Å². The van der Waals surface area contributed by atoms with Gasteiger partial charge in [-0.05, 0) is 18.8 Å². The maximum atomic E-state index is 10.6. The van der Waals surface area contributed by atoms with Gasteiger partial charge in [0, 0.05) is 19.0 Å². The highest BCUT2D eigenvalue weighted by Gasteiger charge is 2.44. The summed E-state index contributed by atoms with van der Waals surface area (Å²) in [6, 6.07) is 0. The zero-order valence-corrected chi connectivity index (χ0v) is 11.1. The molecular formula is C12H20ClN3O. The van der Waals surface area contributed by atoms with E-state index in [-0.39, 0.29) is 5.41 Å². The largest absolute Gasteiger partial charge is 0.385 e. The van der Waals surface area contributed by atoms with Crippen molar-refractivity contribution in [2.24, 2.45) is 24.1 Å². The number of imidazole rings is 1. The summed E-state index contributed by atoms with van der Waals surface area (Å²) >= 11 is 5.96. The van der Waals surface area contributed by atoms with Gasteiger partial charge in [0.25, 0.3) is 0 Å². The average molecular weight is 258 g/mol. The molecule has 3 atom stereocenters. The number of rotatable bonds is 3. The maximum absolute atomic E-state index is 10.6. The second kappa shape index (κ2) is 4.59. The second-order valence-electron chi connectivity index (χ2n) is 5.32. The zero-order chi connectivity index (χ0) is 12.6. The van der Waals surface area contributed by atoms with E-state index in [1.807, 2.05) is 7.05 Å². The Labute approximate surface area is 107 Å². The third-order valence-corrected chi connectivity index (χ3v) is 4.44. The van der Waals surface area contributed by atoms with Gasteiger partial charge in [0.2, 0.25) is 0 Å². The fraction of sp³-hybridized carbons (Fsp3) is 0.750. The SMILES string of the molecule is CC1CCC(CN)(C(O)c2ncc(Cl)n2C)C1. The van der Waals surface area contributed by atoms with Crippen LogP contribution in [0.3, 0.4) is 0 Å². The van der Waals surface area contributed by atoms with Crippen molar-refractivity contribution < 1.29 is 5.11 Å². The molecule has 3 unspecified atom stereocenters. The number of nitrogens with two attached hydrogens (primary N) is 1. The third kappa shape index (κ3) is 2.09. The molecule has 0 radical (unpaired) electrons. The second-order valence-corrected chi connectivity index (χ2v) is 5.70. The van der Waals surface area contributed by atoms with Gasteiger partial charge < -0.3 is 15.4 Å². The quantitative estimate of drug-likeness (QED) is 0.869. The van der Waals surface area contributed by atoms with Crippen molar-refractivity contribution in [1.82, 2.24) is 9.55 Å². The molecule has 0 spiro atoms. The topological polar surface area (TPSA) is 64.1 Å². The lowest BCUT2D eigenvalue weighted by molar-refractivity contribution is 0.0219. The number of aromatic nitrogens is 2. The van der Waals surface area contributed by atoms with Crippen molar-refractivity contribution in [3.63, 3.8) is 0 Å². The summed E-state index contributed by atoms with van der Waals surface area (Å²) in [7, 11) is 1.82. The number of halogens is 1. The lowest BCUT2D eigenvalue weighted by Gasteiger charge is -2.32. The smallest absolute Gasteiger partial charge is 0.139 e. The molecule has 17 heavy (non-hydrogen) atoms. The first kappa shape index (κ1) is 12.9. The Kier molecular flexibility index (Phi) is 3.48. The van der Waals surface area contributed by atoms with Crippen LogP contribution in [-0.4, -0.2) is 21.2 Å². The van der Waals surface area contributed by atoms with Gasteiger partial charge in [-0.1, -0.05) is 24.9 Å². The highest BCUT2D eigenvalue weighted by molar-refractivity contribution is 6.29. The Hall–Kier alpha value is -0.580. The predicted octanol–water partition coefficient (Wildman–Crippen LogP) is 1.87. The van der Waals surface area contributed by atoms with Crippen molar-refractivity contribution in [1.29, 1.82) is 0 Å². The molecule has 3 N–H and O–H groups in total. The van der Waals surface area contributed by atoms with Gasteiger partial charge in [0.1, 0.15) is 17.1 Å². The first-order chi connectivity index (χ1) is 8.00. The number of aliphatic hydroxyl groups is 1. The summed E-state index contributed by atoms with van der Waals surface area (Å²) in [5.74, 6) is 1.23. The normalized spacial score (nSPS) is 30.8. The van der Waals surface area contributed by atoms with Crippen LogP contribution in [0.1, 0.15) is 38.1 Å². The minimum absolute atomic E-state index is 0.234. The van der Waals surface area contributed by atoms with Crippen LogP contribution in [0.5, 0.6) is 0 Å². The van der Waals surface area contributed by atoms with Gasteiger partial charge in [-0.25, -0.2) is 4.98 Å². The van der Waals surface area contributed by atoms with Crippen LogP contribution in [0.4, 0.5) is 0 Å². The van der Waals surface area contributed by atoms with Crippen LogP contribution >= 0.6 is 11.6 Å². The average Bonchev–Trinajstić information content (AvgIpc) is 2.85. The first-order valence-electron chi connectivity index (χ1n) is 6.05. The lowest BCUT2D eigenvalue weighted by Crippen LogP contribution is -2.35. The van der Waals surface area contributed by atoms with Crippen LogP contribution in [0, 0.1) is 11.3 Å². The minimum atomic E-state index is -0.630. The summed E-state index contributed by atoms with van der Waals surface area (Å²) in [4.78, 5) is 4.20. The molecule has 1 aromatic rings. The van der Waals surface area contributed by atoms with E-state index in [1.54, 1.807) is 10.8 Å². The Morgan fingerprint density at radius 3 is 2.88 bits per heavy atom. The fourth-order valence-corrected chi connectivity index (χ4v) is 3.04. The molecule has 0 aliphatic heterocycles. The highest BCUT2D eigenvalue weighted by Crippen LogP contribution is 2.48. The molecule has 1 aliphatic carbocycles. The molecule has 96 valence electrons. The lowest BCUT2D eigenvalue weighted by atomic mass is 9.79. The van der Waals surface area contributed by atoms with E-state index in [2.05, 4.69) is 11.9 Å². The number of nitrogens with zero attached hydrogens (tertiary/aromatic N) is 2. The Morgan fingerprint density at radius 1 is 1.76 bits per heavy atom. The van der Waals surface area contributed by atoms with Crippen molar-refractivity contribution in [2.75, 3.05) is 6.54 Å². The van der Waals surface area contributed by atoms with E-state index in [0.717, 1.165) is 19.3 Å². The van der Waals surface area contributed by atoms with E-state index in [1.165, 1.54) is 0 Å². The molecular weight excluding hydrogens is 238 g/mol. The molecule has 4 nitrogen and oxygen atoms in total. The molecule has 1 saturated carbocycles. The summed E-state index contributed by atoms with van der Waals surface area (Å²) in [6.45, 7) is 2.69. The molecule has 0 amide bonds. The standard InChI is InChI=1S/C12H20ClN3O/c1-8-3-4-12(5-8,7-14)10(17)11-15-6-9(13)16(11)2/h6,8,10,17H,3-5,7,14H2,1-2H3. The number of aliphatic hydroxyl groups excluding tert-OH is 1. The molecule has 5 heteroatoms. The molecule has 1 aliphatic rings. The molecule has 2 rings (SSSR count). The fourth-order valence-electron chi connectivity index (χ4n) is 2.91. The van der Waals surface area contributed by atoms with Crippen molar-refractivity contribution in [2.45, 2.75) is 32.3 Å². The van der Waals surface area contributed by atoms with Crippen LogP contribution in [0.25, 0.3) is 0 Å². The molecule has 1 aromatic heterocycles. The predicted molar refractivity (Wildman–Crippen MR) is 67.7 cm³/mol. The minimum Gasteiger partial charge on any atom is -0.385 e. The van der Waals surface area contributed by atoms with E-state index >= 15 is 0 Å². The van der Waals surface area contributed by atoms with Crippen LogP contribution < -0.4 is 5.73 Å². The van der Waals surface area contributed by atoms with Gasteiger partial charge >= 0.3 is 0 Å². The Balaban J connectivity index is 2.29. The molecule has 0 bridgehead atoms. The van der Waals surface area contributed by atoms with E-state index in [9.17, 15) is 5.11 Å². The summed E-state index contributed by atoms with van der Waals surface area (Å²) in [5, 5.41) is 11.1. The highest BCUT2D eigenvalue weighted by atomic mass is 35.5. The van der Waals surface area contributed by atoms with E-state index < -0.39 is 6.10 Å². The summed E-state index contributed by atoms with van der Waals surface area (Å²) in [5.41, 5.74) is 5.66. The Morgan fingerprint density at radius 2 is 2.47 bits per heavy atom. The molecule has 0 saturated heterocycles. The van der Waals surface area contributed by atoms with Crippen molar-refractivity contribution >= 4 is 11.6 Å². The number of hydrogen-bond donors (Lipinski definition) is 2. The maximum Gasteiger partial charge on any atom is 0.139 e. The molecule has 1 heterocycles. The number of hydrogen-bond acceptors (Lipinski definition) is 3. The van der Waals surface area contributed by atoms with Crippen LogP contribution in [0.2, 0.25) is 5.15 Å². The van der Waals surface area contributed by atoms with Crippen LogP contribution in [-0.2, 0) is 7.05 Å². The van der Waals surface area contributed by atoms with Gasteiger partial charge in [-0.2, -0.15) is 0 Å². The van der Waals surface area contributed by atoms with Crippen molar-refractivity contribution in [3.05, 3.63) is 17.2 Å². The monoisotopic (exact) mass is 257 g/mol. The molecule has 1 fully saturated rings. The van der Waals surface area contributed by atoms with Gasteiger partial charge in [0.15, 0.2) is 0 Å². The van der Waals surface area contributed by atoms with Gasteiger partial charge in [0.05, 0.1) is 6.20 Å². The summed E-state index contributed by atoms with van der Waals surface area (Å²) in [6.07, 6.45) is 3.97. The zero-order valence-electron chi connectivity index (χ0n) is 10.4. The third-order valence-electron chi connectivity index (χ3n) is 4.09.